The van der Waals surface area contributed by atoms with Crippen molar-refractivity contribution in [3.63, 3.8) is 0 Å². The van der Waals surface area contributed by atoms with Gasteiger partial charge in [-0.1, -0.05) is 12.1 Å². The van der Waals surface area contributed by atoms with E-state index in [0.717, 1.165) is 43.7 Å². The Balaban J connectivity index is 1.45. The van der Waals surface area contributed by atoms with Crippen LogP contribution in [0, 0.1) is 0 Å². The summed E-state index contributed by atoms with van der Waals surface area (Å²) in [4.78, 5) is 16.0. The van der Waals surface area contributed by atoms with Crippen molar-refractivity contribution in [1.82, 2.24) is 10.2 Å². The molecular weight excluding hydrogens is 320 g/mol. The van der Waals surface area contributed by atoms with Gasteiger partial charge in [0, 0.05) is 17.8 Å². The molecule has 2 amide bonds. The van der Waals surface area contributed by atoms with Crippen molar-refractivity contribution in [2.24, 2.45) is 0 Å². The Morgan fingerprint density at radius 1 is 1.42 bits per heavy atom. The van der Waals surface area contributed by atoms with Gasteiger partial charge < -0.3 is 15.0 Å². The number of benzene rings is 1. The van der Waals surface area contributed by atoms with Crippen LogP contribution in [0.4, 0.5) is 4.79 Å². The molecule has 2 aliphatic rings. The number of hydrogen-bond acceptors (Lipinski definition) is 3. The summed E-state index contributed by atoms with van der Waals surface area (Å²) in [6, 6.07) is 10.7. The van der Waals surface area contributed by atoms with Gasteiger partial charge in [-0.3, -0.25) is 0 Å². The normalized spacial score (nSPS) is 20.5. The molecule has 1 saturated heterocycles. The molecule has 3 heterocycles. The quantitative estimate of drug-likeness (QED) is 0.904. The third-order valence-corrected chi connectivity index (χ3v) is 5.91. The highest BCUT2D eigenvalue weighted by molar-refractivity contribution is 7.10. The van der Waals surface area contributed by atoms with Crippen LogP contribution in [0.15, 0.2) is 35.7 Å². The van der Waals surface area contributed by atoms with Gasteiger partial charge in [0.25, 0.3) is 0 Å². The van der Waals surface area contributed by atoms with Crippen LogP contribution in [-0.4, -0.2) is 24.1 Å². The molecule has 0 saturated carbocycles. The van der Waals surface area contributed by atoms with Crippen molar-refractivity contribution in [3.8, 4) is 5.75 Å². The Morgan fingerprint density at radius 3 is 3.17 bits per heavy atom. The molecule has 0 radical (unpaired) electrons. The van der Waals surface area contributed by atoms with Gasteiger partial charge >= 0.3 is 6.03 Å². The zero-order valence-corrected chi connectivity index (χ0v) is 14.6. The number of carbonyl (C=O) groups excluding carboxylic acids is 1. The third kappa shape index (κ3) is 2.88. The zero-order valence-electron chi connectivity index (χ0n) is 13.8. The summed E-state index contributed by atoms with van der Waals surface area (Å²) in [6.07, 6.45) is 3.08. The van der Waals surface area contributed by atoms with E-state index in [0.29, 0.717) is 0 Å². The van der Waals surface area contributed by atoms with E-state index in [9.17, 15) is 4.79 Å². The van der Waals surface area contributed by atoms with Crippen LogP contribution in [0.5, 0.6) is 5.75 Å². The fraction of sp³-hybridized carbons (Fsp3) is 0.421. The van der Waals surface area contributed by atoms with Gasteiger partial charge in [0.05, 0.1) is 18.7 Å². The molecule has 2 atom stereocenters. The summed E-state index contributed by atoms with van der Waals surface area (Å²) in [5.41, 5.74) is 2.38. The van der Waals surface area contributed by atoms with Crippen LogP contribution in [0.2, 0.25) is 0 Å². The number of fused-ring (bicyclic) bond motifs is 1. The molecule has 4 nitrogen and oxygen atoms in total. The summed E-state index contributed by atoms with van der Waals surface area (Å²) >= 11 is 1.73. The molecule has 4 rings (SSSR count). The molecule has 126 valence electrons. The number of ether oxygens (including phenoxy) is 1. The first kappa shape index (κ1) is 15.5. The Bertz CT molecular complexity index is 729. The lowest BCUT2D eigenvalue weighted by atomic mass is 10.0. The minimum Gasteiger partial charge on any atom is -0.493 e. The first-order valence-electron chi connectivity index (χ1n) is 8.58. The highest BCUT2D eigenvalue weighted by Gasteiger charge is 2.31. The average Bonchev–Trinajstić information content (AvgIpc) is 3.32. The van der Waals surface area contributed by atoms with Gasteiger partial charge in [0.15, 0.2) is 0 Å². The van der Waals surface area contributed by atoms with E-state index < -0.39 is 0 Å². The van der Waals surface area contributed by atoms with Crippen molar-refractivity contribution >= 4 is 17.4 Å². The number of hydrogen-bond donors (Lipinski definition) is 1. The minimum absolute atomic E-state index is 0.00649. The lowest BCUT2D eigenvalue weighted by Crippen LogP contribution is -2.40. The molecule has 0 bridgehead atoms. The van der Waals surface area contributed by atoms with Crippen molar-refractivity contribution in [1.29, 1.82) is 0 Å². The molecule has 1 N–H and O–H groups in total. The number of amides is 2. The van der Waals surface area contributed by atoms with E-state index in [-0.39, 0.29) is 18.1 Å². The van der Waals surface area contributed by atoms with Gasteiger partial charge in [-0.15, -0.1) is 11.3 Å². The molecule has 0 aliphatic carbocycles. The van der Waals surface area contributed by atoms with E-state index >= 15 is 0 Å². The molecule has 24 heavy (non-hydrogen) atoms. The largest absolute Gasteiger partial charge is 0.493 e. The van der Waals surface area contributed by atoms with Gasteiger partial charge in [-0.25, -0.2) is 4.79 Å². The van der Waals surface area contributed by atoms with Crippen molar-refractivity contribution in [2.75, 3.05) is 13.2 Å². The highest BCUT2D eigenvalue weighted by atomic mass is 32.1. The fourth-order valence-electron chi connectivity index (χ4n) is 3.61. The standard InChI is InChI=1S/C19H22N2O2S/c1-13(14-6-7-17-15(12-14)8-10-23-17)20-19(22)21-9-2-4-16(21)18-5-3-11-24-18/h3,5-7,11-13,16H,2,4,8-10H2,1H3,(H,20,22). The molecule has 1 aromatic heterocycles. The second-order valence-electron chi connectivity index (χ2n) is 6.50. The summed E-state index contributed by atoms with van der Waals surface area (Å²) in [5.74, 6) is 0.981. The number of likely N-dealkylation sites (tertiary alicyclic amines) is 1. The lowest BCUT2D eigenvalue weighted by Gasteiger charge is -2.26. The smallest absolute Gasteiger partial charge is 0.318 e. The number of nitrogens with zero attached hydrogens (tertiary/aromatic N) is 1. The molecule has 2 aliphatic heterocycles. The van der Waals surface area contributed by atoms with Crippen LogP contribution in [0.25, 0.3) is 0 Å². The van der Waals surface area contributed by atoms with Crippen LogP contribution in [0.1, 0.15) is 47.9 Å². The van der Waals surface area contributed by atoms with E-state index in [1.165, 1.54) is 10.4 Å². The van der Waals surface area contributed by atoms with E-state index in [1.54, 1.807) is 11.3 Å². The second kappa shape index (κ2) is 6.48. The first-order valence-corrected chi connectivity index (χ1v) is 9.46. The lowest BCUT2D eigenvalue weighted by molar-refractivity contribution is 0.190. The Labute approximate surface area is 146 Å². The first-order chi connectivity index (χ1) is 11.7. The van der Waals surface area contributed by atoms with E-state index in [1.807, 2.05) is 17.9 Å². The molecule has 2 unspecified atom stereocenters. The highest BCUT2D eigenvalue weighted by Crippen LogP contribution is 2.35. The summed E-state index contributed by atoms with van der Waals surface area (Å²) in [7, 11) is 0. The maximum absolute atomic E-state index is 12.8. The Hall–Kier alpha value is -2.01. The maximum atomic E-state index is 12.8. The topological polar surface area (TPSA) is 41.6 Å². The predicted octanol–water partition coefficient (Wildman–Crippen LogP) is 4.29. The Kier molecular flexibility index (Phi) is 4.19. The van der Waals surface area contributed by atoms with E-state index in [4.69, 9.17) is 4.74 Å². The Morgan fingerprint density at radius 2 is 2.33 bits per heavy atom. The van der Waals surface area contributed by atoms with Crippen molar-refractivity contribution in [2.45, 2.75) is 38.3 Å². The summed E-state index contributed by atoms with van der Waals surface area (Å²) in [6.45, 7) is 3.64. The van der Waals surface area contributed by atoms with Gasteiger partial charge in [-0.05, 0) is 54.5 Å². The number of thiophene rings is 1. The molecule has 1 aromatic carbocycles. The van der Waals surface area contributed by atoms with Crippen molar-refractivity contribution in [3.05, 3.63) is 51.7 Å². The van der Waals surface area contributed by atoms with Gasteiger partial charge in [0.2, 0.25) is 0 Å². The average molecular weight is 342 g/mol. The van der Waals surface area contributed by atoms with Crippen molar-refractivity contribution < 1.29 is 9.53 Å². The van der Waals surface area contributed by atoms with Gasteiger partial charge in [-0.2, -0.15) is 0 Å². The third-order valence-electron chi connectivity index (χ3n) is 4.94. The van der Waals surface area contributed by atoms with E-state index in [2.05, 4.69) is 35.0 Å². The van der Waals surface area contributed by atoms with Crippen LogP contribution < -0.4 is 10.1 Å². The van der Waals surface area contributed by atoms with Crippen LogP contribution in [0.3, 0.4) is 0 Å². The number of rotatable bonds is 3. The van der Waals surface area contributed by atoms with Gasteiger partial charge in [0.1, 0.15) is 5.75 Å². The monoisotopic (exact) mass is 342 g/mol. The maximum Gasteiger partial charge on any atom is 0.318 e. The zero-order chi connectivity index (χ0) is 16.5. The molecule has 5 heteroatoms. The molecule has 0 spiro atoms. The van der Waals surface area contributed by atoms with Crippen LogP contribution >= 0.6 is 11.3 Å². The number of carbonyl (C=O) groups is 1. The summed E-state index contributed by atoms with van der Waals surface area (Å²) in [5, 5.41) is 5.25. The predicted molar refractivity (Wildman–Crippen MR) is 95.6 cm³/mol. The minimum atomic E-state index is -0.00649. The summed E-state index contributed by atoms with van der Waals surface area (Å²) < 4.78 is 5.56. The van der Waals surface area contributed by atoms with Crippen LogP contribution in [-0.2, 0) is 6.42 Å². The molecular formula is C19H22N2O2S. The number of nitrogens with one attached hydrogen (secondary N) is 1. The molecule has 1 fully saturated rings. The second-order valence-corrected chi connectivity index (χ2v) is 7.48. The number of urea groups is 1. The SMILES string of the molecule is CC(NC(=O)N1CCCC1c1cccs1)c1ccc2c(c1)CCO2. The fourth-order valence-corrected chi connectivity index (χ4v) is 4.49. The molecule has 2 aromatic rings.